The third-order valence-corrected chi connectivity index (χ3v) is 2.38. The second-order valence-electron chi connectivity index (χ2n) is 2.45. The summed E-state index contributed by atoms with van der Waals surface area (Å²) in [6, 6.07) is 0. The molecule has 0 radical (unpaired) electrons. The molecule has 1 aromatic heterocycles. The number of hydrogen-bond donors (Lipinski definition) is 0. The highest BCUT2D eigenvalue weighted by Gasteiger charge is 2.08. The van der Waals surface area contributed by atoms with E-state index in [4.69, 9.17) is 0 Å². The lowest BCUT2D eigenvalue weighted by molar-refractivity contribution is 0.449. The van der Waals surface area contributed by atoms with Crippen molar-refractivity contribution in [1.82, 2.24) is 9.27 Å². The van der Waals surface area contributed by atoms with Crippen LogP contribution in [0.5, 0.6) is 0 Å². The maximum Gasteiger partial charge on any atom is 0.0541 e. The maximum atomic E-state index is 4.10. The summed E-state index contributed by atoms with van der Waals surface area (Å²) in [6.45, 7) is 1.00. The van der Waals surface area contributed by atoms with Gasteiger partial charge < -0.3 is 4.90 Å². The number of nitrogens with zero attached hydrogens (tertiary/aromatic N) is 2. The van der Waals surface area contributed by atoms with Crippen LogP contribution in [0.3, 0.4) is 0 Å². The van der Waals surface area contributed by atoms with E-state index < -0.39 is 0 Å². The first-order valence-electron chi connectivity index (χ1n) is 3.18. The van der Waals surface area contributed by atoms with Crippen molar-refractivity contribution in [2.75, 3.05) is 7.05 Å². The Kier molecular flexibility index (Phi) is 1.24. The first-order valence-corrected chi connectivity index (χ1v) is 3.95. The van der Waals surface area contributed by atoms with Gasteiger partial charge in [0.2, 0.25) is 0 Å². The van der Waals surface area contributed by atoms with Crippen LogP contribution in [-0.2, 0) is 6.54 Å². The number of aromatic nitrogens is 1. The van der Waals surface area contributed by atoms with Crippen molar-refractivity contribution >= 4 is 17.6 Å². The van der Waals surface area contributed by atoms with E-state index in [0.29, 0.717) is 0 Å². The molecule has 10 heavy (non-hydrogen) atoms. The van der Waals surface area contributed by atoms with Crippen molar-refractivity contribution in [1.29, 1.82) is 0 Å². The van der Waals surface area contributed by atoms with Crippen LogP contribution < -0.4 is 0 Å². The summed E-state index contributed by atoms with van der Waals surface area (Å²) in [6.07, 6.45) is 6.14. The zero-order valence-electron chi connectivity index (χ0n) is 5.74. The van der Waals surface area contributed by atoms with Crippen molar-refractivity contribution < 1.29 is 0 Å². The molecule has 0 spiro atoms. The molecule has 2 heterocycles. The van der Waals surface area contributed by atoms with Crippen molar-refractivity contribution in [2.24, 2.45) is 0 Å². The SMILES string of the molecule is CN1C=Cc2sncc2C1. The van der Waals surface area contributed by atoms with Gasteiger partial charge in [-0.15, -0.1) is 0 Å². The molecular weight excluding hydrogens is 144 g/mol. The van der Waals surface area contributed by atoms with Crippen molar-refractivity contribution in [2.45, 2.75) is 6.54 Å². The number of rotatable bonds is 0. The molecule has 52 valence electrons. The molecule has 0 saturated heterocycles. The van der Waals surface area contributed by atoms with Gasteiger partial charge in [0.15, 0.2) is 0 Å². The smallest absolute Gasteiger partial charge is 0.0541 e. The Balaban J connectivity index is 2.43. The van der Waals surface area contributed by atoms with E-state index in [1.54, 1.807) is 11.5 Å². The summed E-state index contributed by atoms with van der Waals surface area (Å²) in [5.41, 5.74) is 1.34. The first kappa shape index (κ1) is 5.92. The maximum absolute atomic E-state index is 4.10. The van der Waals surface area contributed by atoms with Gasteiger partial charge in [0, 0.05) is 31.6 Å². The lowest BCUT2D eigenvalue weighted by Crippen LogP contribution is -2.12. The lowest BCUT2D eigenvalue weighted by Gasteiger charge is -2.16. The number of fused-ring (bicyclic) bond motifs is 1. The van der Waals surface area contributed by atoms with E-state index in [0.717, 1.165) is 6.54 Å². The average Bonchev–Trinajstić information content (AvgIpc) is 2.33. The molecule has 1 aliphatic heterocycles. The second-order valence-corrected chi connectivity index (χ2v) is 3.28. The van der Waals surface area contributed by atoms with E-state index in [9.17, 15) is 0 Å². The highest BCUT2D eigenvalue weighted by atomic mass is 32.1. The van der Waals surface area contributed by atoms with Gasteiger partial charge in [-0.1, -0.05) is 0 Å². The zero-order chi connectivity index (χ0) is 6.97. The van der Waals surface area contributed by atoms with E-state index in [1.165, 1.54) is 10.4 Å². The van der Waals surface area contributed by atoms with Gasteiger partial charge in [-0.3, -0.25) is 0 Å². The van der Waals surface area contributed by atoms with Crippen LogP contribution in [0, 0.1) is 0 Å². The average molecular weight is 152 g/mol. The fourth-order valence-electron chi connectivity index (χ4n) is 1.04. The Morgan fingerprint density at radius 3 is 3.50 bits per heavy atom. The van der Waals surface area contributed by atoms with Crippen LogP contribution in [0.4, 0.5) is 0 Å². The molecule has 0 fully saturated rings. The molecule has 0 atom stereocenters. The largest absolute Gasteiger partial charge is 0.376 e. The highest BCUT2D eigenvalue weighted by molar-refractivity contribution is 7.06. The Morgan fingerprint density at radius 1 is 1.70 bits per heavy atom. The van der Waals surface area contributed by atoms with E-state index in [2.05, 4.69) is 28.6 Å². The normalized spacial score (nSPS) is 15.5. The standard InChI is InChI=1S/C7H8N2S/c1-9-3-2-7-6(5-9)4-8-10-7/h2-4H,5H2,1H3. The van der Waals surface area contributed by atoms with Gasteiger partial charge in [-0.2, -0.15) is 0 Å². The summed E-state index contributed by atoms with van der Waals surface area (Å²) in [4.78, 5) is 3.45. The van der Waals surface area contributed by atoms with Crippen LogP contribution in [0.15, 0.2) is 12.4 Å². The quantitative estimate of drug-likeness (QED) is 0.561. The van der Waals surface area contributed by atoms with Crippen LogP contribution in [0.1, 0.15) is 10.4 Å². The molecule has 0 aromatic carbocycles. The monoisotopic (exact) mass is 152 g/mol. The number of hydrogen-bond acceptors (Lipinski definition) is 3. The minimum atomic E-state index is 1.00. The van der Waals surface area contributed by atoms with E-state index in [1.807, 2.05) is 6.20 Å². The van der Waals surface area contributed by atoms with Gasteiger partial charge in [-0.25, -0.2) is 4.37 Å². The molecular formula is C7H8N2S. The Morgan fingerprint density at radius 2 is 2.60 bits per heavy atom. The van der Waals surface area contributed by atoms with Gasteiger partial charge in [0.1, 0.15) is 0 Å². The first-order chi connectivity index (χ1) is 4.86. The van der Waals surface area contributed by atoms with Gasteiger partial charge >= 0.3 is 0 Å². The third kappa shape index (κ3) is 0.827. The van der Waals surface area contributed by atoms with Gasteiger partial charge in [0.25, 0.3) is 0 Å². The molecule has 2 nitrogen and oxygen atoms in total. The minimum absolute atomic E-state index is 1.00. The molecule has 0 bridgehead atoms. The van der Waals surface area contributed by atoms with Crippen LogP contribution in [0.2, 0.25) is 0 Å². The molecule has 2 rings (SSSR count). The summed E-state index contributed by atoms with van der Waals surface area (Å²) >= 11 is 1.56. The Bertz CT molecular complexity index is 264. The predicted octanol–water partition coefficient (Wildman–Crippen LogP) is 1.56. The molecule has 0 unspecified atom stereocenters. The van der Waals surface area contributed by atoms with E-state index >= 15 is 0 Å². The molecule has 1 aliphatic rings. The molecule has 3 heteroatoms. The Hall–Kier alpha value is -0.830. The molecule has 1 aromatic rings. The minimum Gasteiger partial charge on any atom is -0.376 e. The molecule has 0 N–H and O–H groups in total. The van der Waals surface area contributed by atoms with Crippen LogP contribution in [-0.4, -0.2) is 16.3 Å². The third-order valence-electron chi connectivity index (χ3n) is 1.58. The van der Waals surface area contributed by atoms with Crippen LogP contribution >= 0.6 is 11.5 Å². The fraction of sp³-hybridized carbons (Fsp3) is 0.286. The molecule has 0 amide bonds. The van der Waals surface area contributed by atoms with E-state index in [-0.39, 0.29) is 0 Å². The zero-order valence-corrected chi connectivity index (χ0v) is 6.56. The molecule has 0 saturated carbocycles. The van der Waals surface area contributed by atoms with Crippen molar-refractivity contribution in [3.05, 3.63) is 22.8 Å². The Labute approximate surface area is 64.0 Å². The van der Waals surface area contributed by atoms with Crippen molar-refractivity contribution in [3.8, 4) is 0 Å². The predicted molar refractivity (Wildman–Crippen MR) is 42.6 cm³/mol. The lowest BCUT2D eigenvalue weighted by atomic mass is 10.2. The summed E-state index contributed by atoms with van der Waals surface area (Å²) in [5.74, 6) is 0. The van der Waals surface area contributed by atoms with Gasteiger partial charge in [0.05, 0.1) is 4.88 Å². The fourth-order valence-corrected chi connectivity index (χ4v) is 1.69. The topological polar surface area (TPSA) is 16.1 Å². The molecule has 0 aliphatic carbocycles. The van der Waals surface area contributed by atoms with Crippen LogP contribution in [0.25, 0.3) is 6.08 Å². The second kappa shape index (κ2) is 2.09. The van der Waals surface area contributed by atoms with Crippen molar-refractivity contribution in [3.63, 3.8) is 0 Å². The highest BCUT2D eigenvalue weighted by Crippen LogP contribution is 2.20. The summed E-state index contributed by atoms with van der Waals surface area (Å²) < 4.78 is 4.10. The summed E-state index contributed by atoms with van der Waals surface area (Å²) in [5, 5.41) is 0. The van der Waals surface area contributed by atoms with Gasteiger partial charge in [-0.05, 0) is 17.6 Å². The summed E-state index contributed by atoms with van der Waals surface area (Å²) in [7, 11) is 2.07.